The Hall–Kier alpha value is -2.55. The number of hydrogen-bond acceptors (Lipinski definition) is 2. The van der Waals surface area contributed by atoms with E-state index in [1.807, 2.05) is 49.4 Å². The van der Waals surface area contributed by atoms with Crippen molar-refractivity contribution < 1.29 is 5.11 Å². The molecule has 0 radical (unpaired) electrons. The summed E-state index contributed by atoms with van der Waals surface area (Å²) in [6.07, 6.45) is 1.42. The quantitative estimate of drug-likeness (QED) is 0.607. The fourth-order valence-corrected chi connectivity index (χ4v) is 3.29. The van der Waals surface area contributed by atoms with Gasteiger partial charge in [-0.2, -0.15) is 0 Å². The summed E-state index contributed by atoms with van der Waals surface area (Å²) in [5.41, 5.74) is 2.14. The maximum atomic E-state index is 12.8. The van der Waals surface area contributed by atoms with E-state index >= 15 is 0 Å². The van der Waals surface area contributed by atoms with E-state index in [9.17, 15) is 9.90 Å². The van der Waals surface area contributed by atoms with Gasteiger partial charge in [0.15, 0.2) is 0 Å². The Bertz CT molecular complexity index is 1030. The monoisotopic (exact) mass is 277 g/mol. The van der Waals surface area contributed by atoms with Crippen molar-refractivity contribution in [2.45, 2.75) is 19.8 Å². The van der Waals surface area contributed by atoms with E-state index in [-0.39, 0.29) is 11.3 Å². The molecule has 0 amide bonds. The van der Waals surface area contributed by atoms with Crippen LogP contribution >= 0.6 is 0 Å². The lowest BCUT2D eigenvalue weighted by Crippen LogP contribution is -2.17. The highest BCUT2D eigenvalue weighted by Gasteiger charge is 2.19. The molecule has 3 nitrogen and oxygen atoms in total. The van der Waals surface area contributed by atoms with Crippen LogP contribution in [-0.2, 0) is 6.42 Å². The van der Waals surface area contributed by atoms with E-state index < -0.39 is 0 Å². The van der Waals surface area contributed by atoms with E-state index in [2.05, 4.69) is 0 Å². The predicted molar refractivity (Wildman–Crippen MR) is 85.5 cm³/mol. The number of rotatable bonds is 2. The summed E-state index contributed by atoms with van der Waals surface area (Å²) in [6.45, 7) is 2.01. The van der Waals surface area contributed by atoms with Crippen LogP contribution in [0.4, 0.5) is 0 Å². The minimum Gasteiger partial charge on any atom is -0.507 e. The zero-order valence-corrected chi connectivity index (χ0v) is 11.8. The van der Waals surface area contributed by atoms with E-state index in [1.165, 1.54) is 0 Å². The molecule has 2 aromatic carbocycles. The van der Waals surface area contributed by atoms with Crippen LogP contribution in [0, 0.1) is 0 Å². The second-order valence-corrected chi connectivity index (χ2v) is 5.44. The molecule has 2 heterocycles. The summed E-state index contributed by atoms with van der Waals surface area (Å²) < 4.78 is 1.75. The van der Waals surface area contributed by atoms with E-state index in [1.54, 1.807) is 4.40 Å². The molecule has 0 spiro atoms. The van der Waals surface area contributed by atoms with Gasteiger partial charge in [0, 0.05) is 16.2 Å². The van der Waals surface area contributed by atoms with Crippen molar-refractivity contribution in [2.75, 3.05) is 0 Å². The fourth-order valence-electron chi connectivity index (χ4n) is 3.29. The molecule has 2 aromatic heterocycles. The number of benzene rings is 2. The Morgan fingerprint density at radius 1 is 1.00 bits per heavy atom. The minimum absolute atomic E-state index is 0.0979. The lowest BCUT2D eigenvalue weighted by molar-refractivity contribution is 0.472. The van der Waals surface area contributed by atoms with Crippen LogP contribution in [0.3, 0.4) is 0 Å². The molecule has 0 fully saturated rings. The molecule has 104 valence electrons. The van der Waals surface area contributed by atoms with Crippen LogP contribution in [0.1, 0.15) is 18.9 Å². The first-order chi connectivity index (χ1) is 10.2. The molecule has 1 N–H and O–H groups in total. The van der Waals surface area contributed by atoms with Crippen molar-refractivity contribution in [3.63, 3.8) is 0 Å². The van der Waals surface area contributed by atoms with Gasteiger partial charge >= 0.3 is 0 Å². The number of hydrogen-bond donors (Lipinski definition) is 1. The molecule has 0 aliphatic heterocycles. The van der Waals surface area contributed by atoms with Gasteiger partial charge in [-0.3, -0.25) is 9.20 Å². The normalized spacial score (nSPS) is 11.9. The van der Waals surface area contributed by atoms with Gasteiger partial charge in [0.05, 0.1) is 16.6 Å². The van der Waals surface area contributed by atoms with Crippen LogP contribution in [0.25, 0.3) is 27.2 Å². The molecule has 4 rings (SSSR count). The first-order valence-corrected chi connectivity index (χ1v) is 7.23. The maximum Gasteiger partial charge on any atom is 0.262 e. The van der Waals surface area contributed by atoms with E-state index in [0.717, 1.165) is 33.6 Å². The number of fused-ring (bicyclic) bond motifs is 3. The number of aromatic nitrogens is 1. The van der Waals surface area contributed by atoms with Crippen LogP contribution in [0.2, 0.25) is 0 Å². The minimum atomic E-state index is -0.0979. The summed E-state index contributed by atoms with van der Waals surface area (Å²) in [7, 11) is 0. The average Bonchev–Trinajstić information content (AvgIpc) is 2.85. The van der Waals surface area contributed by atoms with Gasteiger partial charge in [-0.1, -0.05) is 43.7 Å². The number of pyridine rings is 1. The lowest BCUT2D eigenvalue weighted by atomic mass is 10.1. The molecular weight excluding hydrogens is 262 g/mol. The Kier molecular flexibility index (Phi) is 2.45. The van der Waals surface area contributed by atoms with Gasteiger partial charge in [-0.05, 0) is 18.6 Å². The summed E-state index contributed by atoms with van der Waals surface area (Å²) >= 11 is 0. The van der Waals surface area contributed by atoms with Gasteiger partial charge in [0.2, 0.25) is 0 Å². The number of para-hydroxylation sites is 2. The first-order valence-electron chi connectivity index (χ1n) is 7.23. The topological polar surface area (TPSA) is 41.7 Å². The molecule has 0 bridgehead atoms. The lowest BCUT2D eigenvalue weighted by Gasteiger charge is -2.08. The third-order valence-electron chi connectivity index (χ3n) is 4.20. The first kappa shape index (κ1) is 12.2. The van der Waals surface area contributed by atoms with Gasteiger partial charge in [-0.15, -0.1) is 0 Å². The second kappa shape index (κ2) is 4.22. The summed E-state index contributed by atoms with van der Waals surface area (Å²) in [5.74, 6) is 0.141. The van der Waals surface area contributed by atoms with Crippen molar-refractivity contribution in [3.05, 3.63) is 58.4 Å². The van der Waals surface area contributed by atoms with E-state index in [0.29, 0.717) is 12.0 Å². The Morgan fingerprint density at radius 3 is 2.52 bits per heavy atom. The SMILES string of the molecule is CCCc1c(O)c2cccc3c4ccccc4n(c1=O)c23. The second-order valence-electron chi connectivity index (χ2n) is 5.44. The van der Waals surface area contributed by atoms with Crippen molar-refractivity contribution in [1.82, 2.24) is 4.40 Å². The number of nitrogens with zero attached hydrogens (tertiary/aromatic N) is 1. The zero-order chi connectivity index (χ0) is 14.6. The Morgan fingerprint density at radius 2 is 1.71 bits per heavy atom. The molecule has 21 heavy (non-hydrogen) atoms. The summed E-state index contributed by atoms with van der Waals surface area (Å²) in [4.78, 5) is 12.8. The summed E-state index contributed by atoms with van der Waals surface area (Å²) in [5, 5.41) is 13.3. The van der Waals surface area contributed by atoms with Crippen LogP contribution in [0.15, 0.2) is 47.3 Å². The fraction of sp³-hybridized carbons (Fsp3) is 0.167. The highest BCUT2D eigenvalue weighted by molar-refractivity contribution is 6.15. The maximum absolute atomic E-state index is 12.8. The Balaban J connectivity index is 2.39. The van der Waals surface area contributed by atoms with Gasteiger partial charge in [-0.25, -0.2) is 0 Å². The summed E-state index contributed by atoms with van der Waals surface area (Å²) in [6, 6.07) is 13.7. The Labute approximate surface area is 121 Å². The van der Waals surface area contributed by atoms with Crippen molar-refractivity contribution in [3.8, 4) is 5.75 Å². The third-order valence-corrected chi connectivity index (χ3v) is 4.20. The van der Waals surface area contributed by atoms with Crippen LogP contribution in [0.5, 0.6) is 5.75 Å². The third kappa shape index (κ3) is 1.46. The average molecular weight is 277 g/mol. The smallest absolute Gasteiger partial charge is 0.262 e. The van der Waals surface area contributed by atoms with E-state index in [4.69, 9.17) is 0 Å². The molecular formula is C18H15NO2. The molecule has 4 aromatic rings. The molecule has 0 atom stereocenters. The molecule has 0 saturated carbocycles. The molecule has 0 aliphatic rings. The van der Waals surface area contributed by atoms with Crippen molar-refractivity contribution in [1.29, 1.82) is 0 Å². The standard InChI is InChI=1S/C18H15NO2/c1-2-6-14-17(20)13-9-5-8-12-11-7-3-4-10-15(11)19(16(12)13)18(14)21/h3-5,7-10,20H,2,6H2,1H3. The van der Waals surface area contributed by atoms with Crippen molar-refractivity contribution in [2.24, 2.45) is 0 Å². The van der Waals surface area contributed by atoms with Crippen molar-refractivity contribution >= 4 is 27.2 Å². The zero-order valence-electron chi connectivity index (χ0n) is 11.8. The highest BCUT2D eigenvalue weighted by Crippen LogP contribution is 2.35. The molecule has 0 unspecified atom stereocenters. The molecule has 0 saturated heterocycles. The number of aromatic hydroxyl groups is 1. The van der Waals surface area contributed by atoms with Gasteiger partial charge in [0.25, 0.3) is 5.56 Å². The van der Waals surface area contributed by atoms with Crippen LogP contribution in [-0.4, -0.2) is 9.51 Å². The highest BCUT2D eigenvalue weighted by atomic mass is 16.3. The molecule has 3 heteroatoms. The van der Waals surface area contributed by atoms with Gasteiger partial charge in [0.1, 0.15) is 5.75 Å². The molecule has 0 aliphatic carbocycles. The van der Waals surface area contributed by atoms with Gasteiger partial charge < -0.3 is 5.11 Å². The largest absolute Gasteiger partial charge is 0.507 e. The van der Waals surface area contributed by atoms with Crippen LogP contribution < -0.4 is 5.56 Å². The predicted octanol–water partition coefficient (Wildman–Crippen LogP) is 3.70.